The molecular weight excluding hydrogens is 501 g/mol. The first-order chi connectivity index (χ1) is 13.1. The number of hydrogen-bond acceptors (Lipinski definition) is 4. The van der Waals surface area contributed by atoms with Crippen LogP contribution >= 0.6 is 24.0 Å². The molecule has 0 radical (unpaired) electrons. The molecule has 0 aliphatic heterocycles. The fourth-order valence-corrected chi connectivity index (χ4v) is 3.50. The molecule has 1 aromatic carbocycles. The molecule has 1 N–H and O–H groups in total. The van der Waals surface area contributed by atoms with Crippen LogP contribution in [0.2, 0.25) is 0 Å². The van der Waals surface area contributed by atoms with Crippen LogP contribution in [0.3, 0.4) is 0 Å². The van der Waals surface area contributed by atoms with Crippen molar-refractivity contribution in [3.8, 4) is 5.69 Å². The Hall–Kier alpha value is -1.62. The van der Waals surface area contributed by atoms with E-state index in [0.717, 1.165) is 11.3 Å². The molecule has 0 aliphatic carbocycles. The van der Waals surface area contributed by atoms with Crippen LogP contribution in [-0.4, -0.2) is 59.7 Å². The lowest BCUT2D eigenvalue weighted by Crippen LogP contribution is -2.39. The predicted molar refractivity (Wildman–Crippen MR) is 130 cm³/mol. The zero-order valence-corrected chi connectivity index (χ0v) is 20.9. The van der Waals surface area contributed by atoms with Crippen molar-refractivity contribution in [1.82, 2.24) is 20.0 Å². The molecule has 0 atom stereocenters. The molecule has 9 heteroatoms. The van der Waals surface area contributed by atoms with E-state index in [2.05, 4.69) is 15.4 Å². The summed E-state index contributed by atoms with van der Waals surface area (Å²) in [5.41, 5.74) is 2.05. The third-order valence-electron chi connectivity index (χ3n) is 4.33. The van der Waals surface area contributed by atoms with Gasteiger partial charge in [-0.15, -0.1) is 24.0 Å². The molecule has 2 aromatic rings. The number of hydrogen-bond donors (Lipinski definition) is 1. The molecule has 0 bridgehead atoms. The van der Waals surface area contributed by atoms with Gasteiger partial charge in [0.1, 0.15) is 0 Å². The van der Waals surface area contributed by atoms with Gasteiger partial charge in [0.2, 0.25) is 0 Å². The summed E-state index contributed by atoms with van der Waals surface area (Å²) in [5.74, 6) is 0.713. The Morgan fingerprint density at radius 1 is 1.24 bits per heavy atom. The fraction of sp³-hybridized carbons (Fsp3) is 0.500. The minimum atomic E-state index is -3.19. The van der Waals surface area contributed by atoms with Crippen LogP contribution in [0.15, 0.2) is 47.7 Å². The van der Waals surface area contributed by atoms with Crippen LogP contribution < -0.4 is 5.32 Å². The van der Waals surface area contributed by atoms with E-state index in [1.54, 1.807) is 20.8 Å². The van der Waals surface area contributed by atoms with Gasteiger partial charge in [0, 0.05) is 31.9 Å². The lowest BCUT2D eigenvalue weighted by atomic mass is 10.3. The molecule has 1 heterocycles. The van der Waals surface area contributed by atoms with Gasteiger partial charge >= 0.3 is 0 Å². The zero-order chi connectivity index (χ0) is 20.8. The quantitative estimate of drug-likeness (QED) is 0.336. The van der Waals surface area contributed by atoms with Crippen molar-refractivity contribution < 1.29 is 8.42 Å². The van der Waals surface area contributed by atoms with Gasteiger partial charge in [-0.2, -0.15) is 5.10 Å². The summed E-state index contributed by atoms with van der Waals surface area (Å²) < 4.78 is 25.6. The number of nitrogens with one attached hydrogen (secondary N) is 1. The van der Waals surface area contributed by atoms with E-state index in [1.807, 2.05) is 66.3 Å². The van der Waals surface area contributed by atoms with E-state index in [4.69, 9.17) is 0 Å². The van der Waals surface area contributed by atoms with Gasteiger partial charge in [-0.25, -0.2) is 13.1 Å². The third-order valence-corrected chi connectivity index (χ3v) is 6.91. The maximum Gasteiger partial charge on any atom is 0.193 e. The number of halogens is 1. The predicted octanol–water partition coefficient (Wildman–Crippen LogP) is 3.10. The Balaban J connectivity index is 0.00000420. The monoisotopic (exact) mass is 533 g/mol. The van der Waals surface area contributed by atoms with E-state index < -0.39 is 14.6 Å². The second-order valence-electron chi connectivity index (χ2n) is 7.65. The summed E-state index contributed by atoms with van der Waals surface area (Å²) in [4.78, 5) is 6.47. The Labute approximate surface area is 191 Å². The molecule has 162 valence electrons. The molecule has 0 fully saturated rings. The Morgan fingerprint density at radius 3 is 2.48 bits per heavy atom. The lowest BCUT2D eigenvalue weighted by Gasteiger charge is -2.22. The van der Waals surface area contributed by atoms with Gasteiger partial charge < -0.3 is 10.2 Å². The van der Waals surface area contributed by atoms with E-state index in [9.17, 15) is 8.42 Å². The van der Waals surface area contributed by atoms with E-state index in [0.29, 0.717) is 19.0 Å². The molecule has 0 unspecified atom stereocenters. The number of nitrogens with zero attached hydrogens (tertiary/aromatic N) is 4. The molecule has 0 spiro atoms. The number of aromatic nitrogens is 2. The Bertz CT molecular complexity index is 889. The molecule has 2 rings (SSSR count). The minimum absolute atomic E-state index is 0. The molecule has 0 saturated heterocycles. The number of benzene rings is 1. The highest BCUT2D eigenvalue weighted by atomic mass is 127. The highest BCUT2D eigenvalue weighted by Crippen LogP contribution is 2.15. The first-order valence-corrected chi connectivity index (χ1v) is 11.1. The number of aliphatic imine (C=N–C) groups is 1. The van der Waals surface area contributed by atoms with Crippen molar-refractivity contribution in [2.45, 2.75) is 39.0 Å². The third kappa shape index (κ3) is 7.29. The minimum Gasteiger partial charge on any atom is -0.357 e. The first-order valence-electron chi connectivity index (χ1n) is 9.45. The Kier molecular flexibility index (Phi) is 9.60. The second-order valence-corrected chi connectivity index (χ2v) is 10.5. The van der Waals surface area contributed by atoms with Crippen molar-refractivity contribution in [3.05, 3.63) is 48.3 Å². The SMILES string of the molecule is CCNC(=NCCS(=O)(=O)C(C)(C)C)N(C)Cc1cnn(-c2ccccc2)c1.I. The van der Waals surface area contributed by atoms with Crippen LogP contribution in [-0.2, 0) is 16.4 Å². The topological polar surface area (TPSA) is 79.6 Å². The number of guanidine groups is 1. The van der Waals surface area contributed by atoms with Crippen LogP contribution in [0, 0.1) is 0 Å². The van der Waals surface area contributed by atoms with Crippen LogP contribution in [0.5, 0.6) is 0 Å². The standard InChI is InChI=1S/C20H31N5O2S.HI/c1-6-21-19(22-12-13-28(26,27)20(2,3)4)24(5)15-17-14-23-25(16-17)18-10-8-7-9-11-18;/h7-11,14,16H,6,12-13,15H2,1-5H3,(H,21,22);1H. The average Bonchev–Trinajstić information content (AvgIpc) is 3.09. The molecule has 0 amide bonds. The van der Waals surface area contributed by atoms with Gasteiger partial charge in [-0.3, -0.25) is 4.99 Å². The van der Waals surface area contributed by atoms with Gasteiger partial charge in [0.25, 0.3) is 0 Å². The van der Waals surface area contributed by atoms with Crippen molar-refractivity contribution in [3.63, 3.8) is 0 Å². The van der Waals surface area contributed by atoms with E-state index in [1.165, 1.54) is 0 Å². The molecule has 7 nitrogen and oxygen atoms in total. The highest BCUT2D eigenvalue weighted by molar-refractivity contribution is 14.0. The number of sulfone groups is 1. The molecule has 29 heavy (non-hydrogen) atoms. The van der Waals surface area contributed by atoms with Crippen LogP contribution in [0.1, 0.15) is 33.3 Å². The van der Waals surface area contributed by atoms with Gasteiger partial charge in [0.15, 0.2) is 15.8 Å². The van der Waals surface area contributed by atoms with Crippen molar-refractivity contribution in [1.29, 1.82) is 0 Å². The van der Waals surface area contributed by atoms with Crippen LogP contribution in [0.25, 0.3) is 5.69 Å². The largest absolute Gasteiger partial charge is 0.357 e. The fourth-order valence-electron chi connectivity index (χ4n) is 2.56. The van der Waals surface area contributed by atoms with E-state index >= 15 is 0 Å². The van der Waals surface area contributed by atoms with Gasteiger partial charge in [-0.1, -0.05) is 18.2 Å². The molecule has 1 aromatic heterocycles. The lowest BCUT2D eigenvalue weighted by molar-refractivity contribution is 0.477. The Morgan fingerprint density at radius 2 is 1.90 bits per heavy atom. The summed E-state index contributed by atoms with van der Waals surface area (Å²) in [7, 11) is -1.26. The van der Waals surface area contributed by atoms with Crippen molar-refractivity contribution in [2.24, 2.45) is 4.99 Å². The summed E-state index contributed by atoms with van der Waals surface area (Å²) >= 11 is 0. The second kappa shape index (κ2) is 11.0. The first kappa shape index (κ1) is 25.4. The van der Waals surface area contributed by atoms with Gasteiger partial charge in [-0.05, 0) is 39.8 Å². The summed E-state index contributed by atoms with van der Waals surface area (Å²) in [5, 5.41) is 7.64. The number of rotatable bonds is 7. The maximum atomic E-state index is 12.3. The molecule has 0 saturated carbocycles. The normalized spacial score (nSPS) is 12.4. The van der Waals surface area contributed by atoms with Crippen molar-refractivity contribution >= 4 is 39.8 Å². The van der Waals surface area contributed by atoms with Crippen LogP contribution in [0.4, 0.5) is 0 Å². The number of para-hydroxylation sites is 1. The summed E-state index contributed by atoms with van der Waals surface area (Å²) in [6.07, 6.45) is 3.82. The zero-order valence-electron chi connectivity index (χ0n) is 17.8. The highest BCUT2D eigenvalue weighted by Gasteiger charge is 2.28. The molecular formula is C20H32IN5O2S. The van der Waals surface area contributed by atoms with E-state index in [-0.39, 0.29) is 36.3 Å². The van der Waals surface area contributed by atoms with Gasteiger partial charge in [0.05, 0.1) is 28.9 Å². The summed E-state index contributed by atoms with van der Waals surface area (Å²) in [6.45, 7) is 8.69. The maximum absolute atomic E-state index is 12.3. The summed E-state index contributed by atoms with van der Waals surface area (Å²) in [6, 6.07) is 9.93. The average molecular weight is 533 g/mol. The smallest absolute Gasteiger partial charge is 0.193 e. The molecule has 0 aliphatic rings. The van der Waals surface area contributed by atoms with Crippen molar-refractivity contribution in [2.75, 3.05) is 25.9 Å².